The van der Waals surface area contributed by atoms with E-state index in [-0.39, 0.29) is 6.04 Å². The summed E-state index contributed by atoms with van der Waals surface area (Å²) in [4.78, 5) is 0. The highest BCUT2D eigenvalue weighted by molar-refractivity contribution is 5.29. The summed E-state index contributed by atoms with van der Waals surface area (Å²) >= 11 is 0. The van der Waals surface area contributed by atoms with E-state index in [4.69, 9.17) is 4.74 Å². The van der Waals surface area contributed by atoms with Crippen molar-refractivity contribution in [2.24, 2.45) is 0 Å². The Hall–Kier alpha value is -1.28. The molecule has 0 amide bonds. The van der Waals surface area contributed by atoms with Crippen molar-refractivity contribution in [1.29, 1.82) is 0 Å². The minimum absolute atomic E-state index is 0.202. The van der Waals surface area contributed by atoms with Gasteiger partial charge in [-0.15, -0.1) is 0 Å². The smallest absolute Gasteiger partial charge is 0.114 e. The van der Waals surface area contributed by atoms with Crippen molar-refractivity contribution < 1.29 is 4.74 Å². The third kappa shape index (κ3) is 2.21. The van der Waals surface area contributed by atoms with E-state index in [1.807, 2.05) is 7.05 Å². The van der Waals surface area contributed by atoms with Gasteiger partial charge in [0, 0.05) is 6.42 Å². The highest BCUT2D eigenvalue weighted by Crippen LogP contribution is 2.26. The lowest BCUT2D eigenvalue weighted by molar-refractivity contribution is 0.218. The van der Waals surface area contributed by atoms with E-state index in [0.29, 0.717) is 0 Å². The van der Waals surface area contributed by atoms with Crippen molar-refractivity contribution in [1.82, 2.24) is 5.32 Å². The Morgan fingerprint density at radius 2 is 2.00 bits per heavy atom. The molecule has 0 saturated carbocycles. The van der Waals surface area contributed by atoms with Gasteiger partial charge in [0.05, 0.1) is 12.6 Å². The van der Waals surface area contributed by atoms with E-state index in [1.165, 1.54) is 11.1 Å². The number of hydrogen-bond acceptors (Lipinski definition) is 2. The van der Waals surface area contributed by atoms with Gasteiger partial charge in [-0.25, -0.2) is 0 Å². The van der Waals surface area contributed by atoms with E-state index in [1.54, 1.807) is 0 Å². The molecule has 80 valence electrons. The number of benzene rings is 1. The lowest BCUT2D eigenvalue weighted by Crippen LogP contribution is -2.18. The molecule has 0 spiro atoms. The minimum Gasteiger partial charge on any atom is -0.496 e. The standard InChI is InChI=1S/C13H17NO/c1-10-5-7-11(8-6-10)13(14-2)12-4-3-9-15-12/h4-8,13-14H,3,9H2,1-2H3. The van der Waals surface area contributed by atoms with Crippen LogP contribution in [0.3, 0.4) is 0 Å². The van der Waals surface area contributed by atoms with Crippen LogP contribution in [-0.4, -0.2) is 13.7 Å². The van der Waals surface area contributed by atoms with Gasteiger partial charge < -0.3 is 10.1 Å². The summed E-state index contributed by atoms with van der Waals surface area (Å²) in [5, 5.41) is 3.29. The summed E-state index contributed by atoms with van der Waals surface area (Å²) < 4.78 is 5.59. The van der Waals surface area contributed by atoms with Gasteiger partial charge in [0.25, 0.3) is 0 Å². The summed E-state index contributed by atoms with van der Waals surface area (Å²) in [5.74, 6) is 1.06. The van der Waals surface area contributed by atoms with Crippen molar-refractivity contribution in [3.63, 3.8) is 0 Å². The Morgan fingerprint density at radius 1 is 1.27 bits per heavy atom. The molecule has 0 saturated heterocycles. The molecule has 15 heavy (non-hydrogen) atoms. The summed E-state index contributed by atoms with van der Waals surface area (Å²) in [7, 11) is 1.97. The second kappa shape index (κ2) is 4.49. The Morgan fingerprint density at radius 3 is 2.53 bits per heavy atom. The number of likely N-dealkylation sites (N-methyl/N-ethyl adjacent to an activating group) is 1. The number of rotatable bonds is 3. The molecule has 1 unspecified atom stereocenters. The van der Waals surface area contributed by atoms with E-state index >= 15 is 0 Å². The summed E-state index contributed by atoms with van der Waals surface area (Å²) in [6.45, 7) is 2.92. The van der Waals surface area contributed by atoms with Gasteiger partial charge in [-0.05, 0) is 25.6 Å². The van der Waals surface area contributed by atoms with Gasteiger partial charge in [0.2, 0.25) is 0 Å². The zero-order valence-electron chi connectivity index (χ0n) is 9.29. The zero-order chi connectivity index (χ0) is 10.7. The maximum absolute atomic E-state index is 5.59. The van der Waals surface area contributed by atoms with Crippen molar-refractivity contribution >= 4 is 0 Å². The predicted octanol–water partition coefficient (Wildman–Crippen LogP) is 2.56. The fourth-order valence-corrected chi connectivity index (χ4v) is 1.87. The van der Waals surface area contributed by atoms with Gasteiger partial charge in [-0.2, -0.15) is 0 Å². The van der Waals surface area contributed by atoms with Crippen LogP contribution < -0.4 is 5.32 Å². The molecule has 1 aliphatic rings. The van der Waals surface area contributed by atoms with Crippen LogP contribution in [-0.2, 0) is 4.74 Å². The molecule has 0 aromatic heterocycles. The molecular formula is C13H17NO. The third-order valence-electron chi connectivity index (χ3n) is 2.72. The predicted molar refractivity (Wildman–Crippen MR) is 61.6 cm³/mol. The molecule has 1 aromatic carbocycles. The average molecular weight is 203 g/mol. The Kier molecular flexibility index (Phi) is 3.07. The maximum atomic E-state index is 5.59. The monoisotopic (exact) mass is 203 g/mol. The molecule has 0 aliphatic carbocycles. The van der Waals surface area contributed by atoms with Crippen LogP contribution >= 0.6 is 0 Å². The van der Waals surface area contributed by atoms with E-state index < -0.39 is 0 Å². The third-order valence-corrected chi connectivity index (χ3v) is 2.72. The molecule has 1 aliphatic heterocycles. The second-order valence-corrected chi connectivity index (χ2v) is 3.88. The number of hydrogen-bond donors (Lipinski definition) is 1. The van der Waals surface area contributed by atoms with Gasteiger partial charge in [-0.1, -0.05) is 29.8 Å². The van der Waals surface area contributed by atoms with Crippen LogP contribution in [0.25, 0.3) is 0 Å². The second-order valence-electron chi connectivity index (χ2n) is 3.88. The number of nitrogens with one attached hydrogen (secondary N) is 1. The molecule has 1 N–H and O–H groups in total. The van der Waals surface area contributed by atoms with Crippen molar-refractivity contribution in [3.8, 4) is 0 Å². The number of ether oxygens (including phenoxy) is 1. The first kappa shape index (κ1) is 10.2. The topological polar surface area (TPSA) is 21.3 Å². The van der Waals surface area contributed by atoms with Crippen LogP contribution in [0.2, 0.25) is 0 Å². The Bertz CT molecular complexity index is 353. The summed E-state index contributed by atoms with van der Waals surface area (Å²) in [6.07, 6.45) is 3.19. The number of aryl methyl sites for hydroxylation is 1. The molecule has 1 heterocycles. The molecule has 2 rings (SSSR count). The minimum atomic E-state index is 0.202. The molecule has 1 atom stereocenters. The van der Waals surface area contributed by atoms with Crippen molar-refractivity contribution in [3.05, 3.63) is 47.2 Å². The van der Waals surface area contributed by atoms with Crippen LogP contribution in [0.1, 0.15) is 23.6 Å². The Balaban J connectivity index is 2.22. The maximum Gasteiger partial charge on any atom is 0.114 e. The van der Waals surface area contributed by atoms with Gasteiger partial charge in [-0.3, -0.25) is 0 Å². The quantitative estimate of drug-likeness (QED) is 0.815. The van der Waals surface area contributed by atoms with Crippen molar-refractivity contribution in [2.45, 2.75) is 19.4 Å². The molecule has 0 bridgehead atoms. The first-order valence-corrected chi connectivity index (χ1v) is 5.38. The van der Waals surface area contributed by atoms with Gasteiger partial charge in [0.15, 0.2) is 0 Å². The first-order chi connectivity index (χ1) is 7.31. The largest absolute Gasteiger partial charge is 0.496 e. The molecule has 1 aromatic rings. The fourth-order valence-electron chi connectivity index (χ4n) is 1.87. The highest BCUT2D eigenvalue weighted by Gasteiger charge is 2.18. The summed E-state index contributed by atoms with van der Waals surface area (Å²) in [5.41, 5.74) is 2.55. The van der Waals surface area contributed by atoms with Crippen molar-refractivity contribution in [2.75, 3.05) is 13.7 Å². The van der Waals surface area contributed by atoms with Crippen LogP contribution in [0.5, 0.6) is 0 Å². The van der Waals surface area contributed by atoms with E-state index in [0.717, 1.165) is 18.8 Å². The van der Waals surface area contributed by atoms with Crippen LogP contribution in [0, 0.1) is 6.92 Å². The average Bonchev–Trinajstić information content (AvgIpc) is 2.75. The normalized spacial score (nSPS) is 17.1. The van der Waals surface area contributed by atoms with Crippen LogP contribution in [0.4, 0.5) is 0 Å². The molecular weight excluding hydrogens is 186 g/mol. The SMILES string of the molecule is CNC(C1=CCCO1)c1ccc(C)cc1. The lowest BCUT2D eigenvalue weighted by atomic mass is 10.0. The fraction of sp³-hybridized carbons (Fsp3) is 0.385. The lowest BCUT2D eigenvalue weighted by Gasteiger charge is -2.18. The van der Waals surface area contributed by atoms with E-state index in [2.05, 4.69) is 42.6 Å². The summed E-state index contributed by atoms with van der Waals surface area (Å²) in [6, 6.07) is 8.77. The highest BCUT2D eigenvalue weighted by atomic mass is 16.5. The first-order valence-electron chi connectivity index (χ1n) is 5.38. The molecule has 0 radical (unpaired) electrons. The van der Waals surface area contributed by atoms with Gasteiger partial charge in [0.1, 0.15) is 5.76 Å². The van der Waals surface area contributed by atoms with Crippen LogP contribution in [0.15, 0.2) is 36.1 Å². The zero-order valence-corrected chi connectivity index (χ0v) is 9.29. The van der Waals surface area contributed by atoms with Gasteiger partial charge >= 0.3 is 0 Å². The Labute approximate surface area is 91.0 Å². The molecule has 0 fully saturated rings. The van der Waals surface area contributed by atoms with E-state index in [9.17, 15) is 0 Å². The molecule has 2 heteroatoms. The molecule has 2 nitrogen and oxygen atoms in total.